The quantitative estimate of drug-likeness (QED) is 0.847. The summed E-state index contributed by atoms with van der Waals surface area (Å²) in [7, 11) is 1.39. The van der Waals surface area contributed by atoms with Gasteiger partial charge in [0.05, 0.1) is 10.7 Å². The Morgan fingerprint density at radius 3 is 2.65 bits per heavy atom. The van der Waals surface area contributed by atoms with Gasteiger partial charge in [-0.3, -0.25) is 4.90 Å². The summed E-state index contributed by atoms with van der Waals surface area (Å²) < 4.78 is 0. The number of hydroxylamine groups is 2. The van der Waals surface area contributed by atoms with Crippen molar-refractivity contribution in [3.05, 3.63) is 28.2 Å². The van der Waals surface area contributed by atoms with Crippen molar-refractivity contribution in [2.75, 3.05) is 11.9 Å². The fourth-order valence-electron chi connectivity index (χ4n) is 1.86. The first-order valence-corrected chi connectivity index (χ1v) is 6.48. The molecule has 1 aliphatic heterocycles. The van der Waals surface area contributed by atoms with Gasteiger partial charge in [0.2, 0.25) is 0 Å². The number of hydrogen-bond donors (Lipinski definition) is 0. The molecule has 20 heavy (non-hydrogen) atoms. The molecule has 0 bridgehead atoms. The van der Waals surface area contributed by atoms with Gasteiger partial charge in [-0.25, -0.2) is 14.7 Å². The Bertz CT molecular complexity index is 566. The highest BCUT2D eigenvalue weighted by molar-refractivity contribution is 6.36. The molecule has 1 aliphatic rings. The molecule has 0 radical (unpaired) electrons. The second-order valence-electron chi connectivity index (χ2n) is 4.35. The van der Waals surface area contributed by atoms with Gasteiger partial charge in [-0.15, -0.1) is 0 Å². The topological polar surface area (TPSA) is 72.9 Å². The molecule has 8 heteroatoms. The molecular formula is C12H11Cl2N2O4-. The van der Waals surface area contributed by atoms with E-state index in [1.807, 2.05) is 0 Å². The summed E-state index contributed by atoms with van der Waals surface area (Å²) in [4.78, 5) is 29.5. The van der Waals surface area contributed by atoms with Crippen molar-refractivity contribution in [1.29, 1.82) is 0 Å². The number of hydrogen-bond acceptors (Lipinski definition) is 4. The van der Waals surface area contributed by atoms with Crippen LogP contribution in [0.4, 0.5) is 10.5 Å². The molecule has 2 rings (SSSR count). The maximum Gasteiger partial charge on any atom is 0.350 e. The molecule has 2 atom stereocenters. The molecule has 1 aromatic rings. The molecule has 0 saturated carbocycles. The van der Waals surface area contributed by atoms with Crippen LogP contribution in [-0.2, 0) is 9.63 Å². The number of urea groups is 1. The third-order valence-electron chi connectivity index (χ3n) is 2.96. The van der Waals surface area contributed by atoms with Crippen molar-refractivity contribution < 1.29 is 19.5 Å². The van der Waals surface area contributed by atoms with E-state index in [1.165, 1.54) is 31.0 Å². The molecular weight excluding hydrogens is 307 g/mol. The standard InChI is InChI=1S/C12H12Cl2N2O4/c1-6(11(17)18)10-16(12(19)15(2)20-10)9-4-3-7(13)5-8(9)14/h3-6,10H,1-2H3,(H,17,18)/p-1. The lowest BCUT2D eigenvalue weighted by atomic mass is 10.1. The van der Waals surface area contributed by atoms with Crippen molar-refractivity contribution in [2.24, 2.45) is 5.92 Å². The SMILES string of the molecule is CC(C(=O)[O-])C1ON(C)C(=O)N1c1ccc(Cl)cc1Cl. The van der Waals surface area contributed by atoms with Crippen molar-refractivity contribution in [3.8, 4) is 0 Å². The van der Waals surface area contributed by atoms with E-state index < -0.39 is 24.1 Å². The lowest BCUT2D eigenvalue weighted by molar-refractivity contribution is -0.315. The van der Waals surface area contributed by atoms with Gasteiger partial charge in [-0.1, -0.05) is 30.1 Å². The Morgan fingerprint density at radius 2 is 2.10 bits per heavy atom. The number of halogens is 2. The van der Waals surface area contributed by atoms with Gasteiger partial charge in [-0.05, 0) is 18.2 Å². The van der Waals surface area contributed by atoms with Crippen molar-refractivity contribution in [3.63, 3.8) is 0 Å². The Morgan fingerprint density at radius 1 is 1.45 bits per heavy atom. The monoisotopic (exact) mass is 317 g/mol. The predicted octanol–water partition coefficient (Wildman–Crippen LogP) is 1.51. The average molecular weight is 318 g/mol. The molecule has 0 spiro atoms. The number of aliphatic carboxylic acids is 1. The van der Waals surface area contributed by atoms with Crippen LogP contribution in [0.1, 0.15) is 6.92 Å². The first-order valence-electron chi connectivity index (χ1n) is 5.72. The Labute approximate surface area is 125 Å². The van der Waals surface area contributed by atoms with Crippen LogP contribution >= 0.6 is 23.2 Å². The number of carbonyl (C=O) groups is 2. The summed E-state index contributed by atoms with van der Waals surface area (Å²) in [6.07, 6.45) is -1.03. The van der Waals surface area contributed by atoms with E-state index in [0.29, 0.717) is 10.7 Å². The third-order valence-corrected chi connectivity index (χ3v) is 3.50. The zero-order valence-electron chi connectivity index (χ0n) is 10.7. The number of amides is 2. The maximum atomic E-state index is 12.1. The number of carboxylic acid groups (broad SMARTS) is 1. The number of anilines is 1. The summed E-state index contributed by atoms with van der Waals surface area (Å²) in [5, 5.41) is 12.6. The predicted molar refractivity (Wildman–Crippen MR) is 71.1 cm³/mol. The molecule has 0 aromatic heterocycles. The van der Waals surface area contributed by atoms with E-state index in [2.05, 4.69) is 0 Å². The van der Waals surface area contributed by atoms with Gasteiger partial charge < -0.3 is 9.90 Å². The van der Waals surface area contributed by atoms with E-state index in [4.69, 9.17) is 28.0 Å². The molecule has 6 nitrogen and oxygen atoms in total. The summed E-state index contributed by atoms with van der Waals surface area (Å²) in [5.74, 6) is -2.36. The number of nitrogens with zero attached hydrogens (tertiary/aromatic N) is 2. The zero-order chi connectivity index (χ0) is 15.0. The minimum absolute atomic E-state index is 0.222. The fourth-order valence-corrected chi connectivity index (χ4v) is 2.36. The molecule has 1 aromatic carbocycles. The van der Waals surface area contributed by atoms with Gasteiger partial charge in [0.1, 0.15) is 0 Å². The smallest absolute Gasteiger partial charge is 0.350 e. The largest absolute Gasteiger partial charge is 0.550 e. The highest BCUT2D eigenvalue weighted by Crippen LogP contribution is 2.35. The first kappa shape index (κ1) is 14.9. The highest BCUT2D eigenvalue weighted by atomic mass is 35.5. The van der Waals surface area contributed by atoms with Crippen molar-refractivity contribution >= 4 is 40.9 Å². The van der Waals surface area contributed by atoms with Gasteiger partial charge >= 0.3 is 6.03 Å². The average Bonchev–Trinajstić information content (AvgIpc) is 2.65. The Kier molecular flexibility index (Phi) is 4.08. The zero-order valence-corrected chi connectivity index (χ0v) is 12.2. The number of carbonyl (C=O) groups excluding carboxylic acids is 2. The number of rotatable bonds is 3. The molecule has 0 N–H and O–H groups in total. The molecule has 2 amide bonds. The summed E-state index contributed by atoms with van der Waals surface area (Å²) >= 11 is 11.9. The molecule has 0 aliphatic carbocycles. The van der Waals surface area contributed by atoms with E-state index in [1.54, 1.807) is 6.07 Å². The fraction of sp³-hybridized carbons (Fsp3) is 0.333. The highest BCUT2D eigenvalue weighted by Gasteiger charge is 2.42. The van der Waals surface area contributed by atoms with Crippen LogP contribution in [0.15, 0.2) is 18.2 Å². The van der Waals surface area contributed by atoms with Gasteiger partial charge in [0.15, 0.2) is 6.23 Å². The minimum atomic E-state index is -1.33. The second-order valence-corrected chi connectivity index (χ2v) is 5.19. The van der Waals surface area contributed by atoms with Gasteiger partial charge in [-0.2, -0.15) is 0 Å². The van der Waals surface area contributed by atoms with E-state index >= 15 is 0 Å². The maximum absolute atomic E-state index is 12.1. The molecule has 108 valence electrons. The first-order chi connectivity index (χ1) is 9.32. The van der Waals surface area contributed by atoms with Crippen LogP contribution in [0.2, 0.25) is 10.0 Å². The number of benzene rings is 1. The number of carboxylic acids is 1. The van der Waals surface area contributed by atoms with Crippen LogP contribution in [-0.4, -0.2) is 30.3 Å². The van der Waals surface area contributed by atoms with E-state index in [-0.39, 0.29) is 5.02 Å². The molecule has 1 fully saturated rings. The van der Waals surface area contributed by atoms with Crippen LogP contribution < -0.4 is 10.0 Å². The third kappa shape index (κ3) is 2.54. The Balaban J connectivity index is 2.44. The van der Waals surface area contributed by atoms with Crippen molar-refractivity contribution in [2.45, 2.75) is 13.2 Å². The summed E-state index contributed by atoms with van der Waals surface area (Å²) in [6.45, 7) is 1.39. The molecule has 1 saturated heterocycles. The lowest BCUT2D eigenvalue weighted by Gasteiger charge is -2.27. The van der Waals surface area contributed by atoms with E-state index in [0.717, 1.165) is 5.06 Å². The molecule has 1 heterocycles. The van der Waals surface area contributed by atoms with Crippen LogP contribution in [0, 0.1) is 5.92 Å². The summed E-state index contributed by atoms with van der Waals surface area (Å²) in [5.41, 5.74) is 0.323. The summed E-state index contributed by atoms with van der Waals surface area (Å²) in [6, 6.07) is 4.02. The van der Waals surface area contributed by atoms with E-state index in [9.17, 15) is 14.7 Å². The normalized spacial score (nSPS) is 20.4. The van der Waals surface area contributed by atoms with Gasteiger partial charge in [0, 0.05) is 24.0 Å². The molecule has 2 unspecified atom stereocenters. The second kappa shape index (κ2) is 5.47. The lowest BCUT2D eigenvalue weighted by Crippen LogP contribution is -2.45. The Hall–Kier alpha value is -1.50. The van der Waals surface area contributed by atoms with Gasteiger partial charge in [0.25, 0.3) is 0 Å². The van der Waals surface area contributed by atoms with Crippen LogP contribution in [0.3, 0.4) is 0 Å². The van der Waals surface area contributed by atoms with Crippen molar-refractivity contribution in [1.82, 2.24) is 5.06 Å². The van der Waals surface area contributed by atoms with Crippen LogP contribution in [0.5, 0.6) is 0 Å². The van der Waals surface area contributed by atoms with Crippen LogP contribution in [0.25, 0.3) is 0 Å². The minimum Gasteiger partial charge on any atom is -0.550 e.